The maximum atomic E-state index is 12.9. The van der Waals surface area contributed by atoms with Crippen molar-refractivity contribution in [3.63, 3.8) is 0 Å². The largest absolute Gasteiger partial charge is 0.462 e. The van der Waals surface area contributed by atoms with Gasteiger partial charge in [-0.05, 0) is 116 Å². The lowest BCUT2D eigenvalue weighted by atomic mass is 10.0. The third-order valence-electron chi connectivity index (χ3n) is 15.1. The minimum atomic E-state index is -0.792. The maximum absolute atomic E-state index is 12.9. The van der Waals surface area contributed by atoms with Crippen molar-refractivity contribution in [1.29, 1.82) is 0 Å². The number of carbonyl (C=O) groups is 3. The Labute approximate surface area is 502 Å². The zero-order valence-corrected chi connectivity index (χ0v) is 53.5. The van der Waals surface area contributed by atoms with Crippen LogP contribution in [0.25, 0.3) is 0 Å². The van der Waals surface area contributed by atoms with Gasteiger partial charge in [0.2, 0.25) is 0 Å². The van der Waals surface area contributed by atoms with Gasteiger partial charge >= 0.3 is 17.9 Å². The van der Waals surface area contributed by atoms with Crippen molar-refractivity contribution >= 4 is 17.9 Å². The molecule has 0 saturated heterocycles. The Morgan fingerprint density at radius 1 is 0.259 bits per heavy atom. The molecule has 0 N–H and O–H groups in total. The Balaban J connectivity index is 4.31. The van der Waals surface area contributed by atoms with Gasteiger partial charge in [0.1, 0.15) is 13.2 Å². The fourth-order valence-corrected chi connectivity index (χ4v) is 9.92. The molecule has 0 amide bonds. The molecule has 81 heavy (non-hydrogen) atoms. The summed E-state index contributed by atoms with van der Waals surface area (Å²) >= 11 is 0. The Kier molecular flexibility index (Phi) is 65.7. The number of carbonyl (C=O) groups excluding carboxylic acids is 3. The second-order valence-electron chi connectivity index (χ2n) is 23.0. The highest BCUT2D eigenvalue weighted by Gasteiger charge is 2.19. The van der Waals surface area contributed by atoms with Gasteiger partial charge in [-0.1, -0.05) is 304 Å². The minimum Gasteiger partial charge on any atom is -0.462 e. The van der Waals surface area contributed by atoms with Crippen LogP contribution < -0.4 is 0 Å². The first-order valence-corrected chi connectivity index (χ1v) is 34.7. The molecule has 0 aliphatic heterocycles. The number of allylic oxidation sites excluding steroid dienone is 16. The van der Waals surface area contributed by atoms with Crippen molar-refractivity contribution in [3.05, 3.63) is 97.2 Å². The SMILES string of the molecule is CC/C=C\C/C=C\C/C=C\C/C=C\CCCCCCCCCCC(=O)OC(COC(=O)CCCCCCC/C=C\C/C=C\C/C=C\CC)COC(=O)CCCCCCCCCCCCCCCCC/C=C\CCCCCCCCCC. The second kappa shape index (κ2) is 68.8. The number of hydrogen-bond acceptors (Lipinski definition) is 6. The van der Waals surface area contributed by atoms with Gasteiger partial charge < -0.3 is 14.2 Å². The molecule has 466 valence electrons. The van der Waals surface area contributed by atoms with E-state index in [1.807, 2.05) is 0 Å². The van der Waals surface area contributed by atoms with Gasteiger partial charge in [-0.15, -0.1) is 0 Å². The number of esters is 3. The molecule has 0 aromatic heterocycles. The third kappa shape index (κ3) is 67.0. The van der Waals surface area contributed by atoms with Crippen LogP contribution in [-0.2, 0) is 28.6 Å². The van der Waals surface area contributed by atoms with E-state index in [4.69, 9.17) is 14.2 Å². The van der Waals surface area contributed by atoms with Crippen molar-refractivity contribution in [1.82, 2.24) is 0 Å². The molecule has 6 heteroatoms. The molecule has 1 unspecified atom stereocenters. The van der Waals surface area contributed by atoms with E-state index < -0.39 is 6.10 Å². The van der Waals surface area contributed by atoms with Crippen LogP contribution in [0.1, 0.15) is 342 Å². The number of ether oxygens (including phenoxy) is 3. The fourth-order valence-electron chi connectivity index (χ4n) is 9.92. The minimum absolute atomic E-state index is 0.0848. The highest BCUT2D eigenvalue weighted by molar-refractivity contribution is 5.71. The first-order chi connectivity index (χ1) is 40.0. The zero-order valence-electron chi connectivity index (χ0n) is 53.5. The fraction of sp³-hybridized carbons (Fsp3) is 0.747. The molecular weight excluding hydrogens is 997 g/mol. The van der Waals surface area contributed by atoms with E-state index in [0.29, 0.717) is 19.3 Å². The lowest BCUT2D eigenvalue weighted by Gasteiger charge is -2.18. The smallest absolute Gasteiger partial charge is 0.306 e. The molecule has 0 radical (unpaired) electrons. The van der Waals surface area contributed by atoms with Crippen LogP contribution in [0.2, 0.25) is 0 Å². The Morgan fingerprint density at radius 2 is 0.481 bits per heavy atom. The van der Waals surface area contributed by atoms with Crippen molar-refractivity contribution in [2.75, 3.05) is 13.2 Å². The van der Waals surface area contributed by atoms with Crippen LogP contribution in [0.3, 0.4) is 0 Å². The Morgan fingerprint density at radius 3 is 0.765 bits per heavy atom. The van der Waals surface area contributed by atoms with Crippen LogP contribution in [0.5, 0.6) is 0 Å². The quantitative estimate of drug-likeness (QED) is 0.0261. The predicted molar refractivity (Wildman–Crippen MR) is 353 cm³/mol. The summed E-state index contributed by atoms with van der Waals surface area (Å²) in [6, 6.07) is 0. The van der Waals surface area contributed by atoms with E-state index in [9.17, 15) is 14.4 Å². The molecule has 0 spiro atoms. The van der Waals surface area contributed by atoms with Gasteiger partial charge in [-0.25, -0.2) is 0 Å². The molecule has 0 heterocycles. The van der Waals surface area contributed by atoms with Crippen LogP contribution in [-0.4, -0.2) is 37.2 Å². The van der Waals surface area contributed by atoms with Gasteiger partial charge in [-0.3, -0.25) is 14.4 Å². The summed E-state index contributed by atoms with van der Waals surface area (Å²) < 4.78 is 17.0. The summed E-state index contributed by atoms with van der Waals surface area (Å²) in [5.41, 5.74) is 0. The monoisotopic (exact) mass is 1130 g/mol. The van der Waals surface area contributed by atoms with E-state index in [0.717, 1.165) is 128 Å². The summed E-state index contributed by atoms with van der Waals surface area (Å²) in [7, 11) is 0. The van der Waals surface area contributed by atoms with E-state index >= 15 is 0 Å². The molecule has 1 atom stereocenters. The predicted octanol–water partition coefficient (Wildman–Crippen LogP) is 24.0. The van der Waals surface area contributed by atoms with Crippen LogP contribution >= 0.6 is 0 Å². The first-order valence-electron chi connectivity index (χ1n) is 34.7. The summed E-state index contributed by atoms with van der Waals surface area (Å²) in [6.07, 6.45) is 92.9. The highest BCUT2D eigenvalue weighted by atomic mass is 16.6. The molecule has 0 aliphatic carbocycles. The van der Waals surface area contributed by atoms with Crippen LogP contribution in [0.4, 0.5) is 0 Å². The molecule has 6 nitrogen and oxygen atoms in total. The number of rotatable bonds is 63. The average Bonchev–Trinajstić information content (AvgIpc) is 3.47. The third-order valence-corrected chi connectivity index (χ3v) is 15.1. The molecule has 0 bridgehead atoms. The molecule has 0 fully saturated rings. The van der Waals surface area contributed by atoms with Crippen molar-refractivity contribution < 1.29 is 28.6 Å². The van der Waals surface area contributed by atoms with E-state index in [-0.39, 0.29) is 31.1 Å². The van der Waals surface area contributed by atoms with E-state index in [2.05, 4.69) is 118 Å². The number of unbranched alkanes of at least 4 members (excludes halogenated alkanes) is 36. The molecule has 0 rings (SSSR count). The maximum Gasteiger partial charge on any atom is 0.306 e. The summed E-state index contributed by atoms with van der Waals surface area (Å²) in [4.78, 5) is 38.4. The summed E-state index contributed by atoms with van der Waals surface area (Å²) in [5.74, 6) is -0.896. The Hall–Kier alpha value is -3.67. The Bertz CT molecular complexity index is 1580. The van der Waals surface area contributed by atoms with Crippen molar-refractivity contribution in [2.24, 2.45) is 0 Å². The zero-order chi connectivity index (χ0) is 58.5. The molecule has 0 aromatic carbocycles. The highest BCUT2D eigenvalue weighted by Crippen LogP contribution is 2.17. The van der Waals surface area contributed by atoms with Crippen molar-refractivity contribution in [3.8, 4) is 0 Å². The summed E-state index contributed by atoms with van der Waals surface area (Å²) in [5, 5.41) is 0. The lowest BCUT2D eigenvalue weighted by Crippen LogP contribution is -2.30. The van der Waals surface area contributed by atoms with Crippen LogP contribution in [0.15, 0.2) is 97.2 Å². The standard InChI is InChI=1S/C75H130O6/c1-4-7-10-13-16-19-22-25-28-30-32-34-35-36-37-38-39-41-42-44-47-50-53-56-59-62-65-68-74(77)80-71-72(70-79-73(76)67-64-61-58-55-52-49-46-27-24-21-18-15-12-9-6-3)81-75(78)69-66-63-60-57-54-51-48-45-43-40-33-31-29-26-23-20-17-14-11-8-5-2/h8-9,11-12,17-18,20-21,26-27,29-30,32-33,40,46,72H,4-7,10,13-16,19,22-25,28,31,34-39,41-45,47-71H2,1-3H3/b11-8-,12-9-,20-17-,21-18-,29-26-,32-30-,40-33-,46-27-. The van der Waals surface area contributed by atoms with Gasteiger partial charge in [-0.2, -0.15) is 0 Å². The van der Waals surface area contributed by atoms with Crippen molar-refractivity contribution in [2.45, 2.75) is 348 Å². The lowest BCUT2D eigenvalue weighted by molar-refractivity contribution is -0.167. The molecule has 0 aromatic rings. The van der Waals surface area contributed by atoms with E-state index in [1.54, 1.807) is 0 Å². The van der Waals surface area contributed by atoms with E-state index in [1.165, 1.54) is 173 Å². The average molecular weight is 1130 g/mol. The molecular formula is C75H130O6. The van der Waals surface area contributed by atoms with Gasteiger partial charge in [0.05, 0.1) is 0 Å². The number of hydrogen-bond donors (Lipinski definition) is 0. The van der Waals surface area contributed by atoms with Gasteiger partial charge in [0.15, 0.2) is 6.10 Å². The summed E-state index contributed by atoms with van der Waals surface area (Å²) in [6.45, 7) is 6.44. The van der Waals surface area contributed by atoms with Gasteiger partial charge in [0, 0.05) is 19.3 Å². The topological polar surface area (TPSA) is 78.9 Å². The van der Waals surface area contributed by atoms with Gasteiger partial charge in [0.25, 0.3) is 0 Å². The second-order valence-corrected chi connectivity index (χ2v) is 23.0. The van der Waals surface area contributed by atoms with Crippen LogP contribution in [0, 0.1) is 0 Å². The molecule has 0 aliphatic rings. The molecule has 0 saturated carbocycles. The normalized spacial score (nSPS) is 12.7. The first kappa shape index (κ1) is 77.3.